The van der Waals surface area contributed by atoms with E-state index in [0.29, 0.717) is 6.04 Å². The third-order valence-corrected chi connectivity index (χ3v) is 4.18. The number of hydrogen-bond donors (Lipinski definition) is 1. The number of unbranched alkanes of at least 4 members (excludes halogenated alkanes) is 3. The molecule has 0 fully saturated rings. The first-order chi connectivity index (χ1) is 9.55. The first-order valence-corrected chi connectivity index (χ1v) is 8.05. The SMILES string of the molecule is CCCCCCC(NC)c1ccc2c(c1)CC(C)(C)O2. The fourth-order valence-electron chi connectivity index (χ4n) is 3.10. The molecule has 20 heavy (non-hydrogen) atoms. The molecule has 0 bridgehead atoms. The highest BCUT2D eigenvalue weighted by Gasteiger charge is 2.30. The van der Waals surface area contributed by atoms with Crippen LogP contribution in [0, 0.1) is 0 Å². The van der Waals surface area contributed by atoms with Gasteiger partial charge in [-0.05, 0) is 44.5 Å². The van der Waals surface area contributed by atoms with Crippen LogP contribution < -0.4 is 10.1 Å². The van der Waals surface area contributed by atoms with Crippen molar-refractivity contribution in [3.63, 3.8) is 0 Å². The molecule has 1 atom stereocenters. The Hall–Kier alpha value is -1.02. The molecule has 0 saturated heterocycles. The summed E-state index contributed by atoms with van der Waals surface area (Å²) in [6.07, 6.45) is 7.54. The maximum Gasteiger partial charge on any atom is 0.123 e. The highest BCUT2D eigenvalue weighted by atomic mass is 16.5. The summed E-state index contributed by atoms with van der Waals surface area (Å²) in [6, 6.07) is 7.18. The molecule has 1 aromatic rings. The van der Waals surface area contributed by atoms with Gasteiger partial charge in [0.05, 0.1) is 0 Å². The van der Waals surface area contributed by atoms with Crippen molar-refractivity contribution in [2.75, 3.05) is 7.05 Å². The lowest BCUT2D eigenvalue weighted by molar-refractivity contribution is 0.138. The monoisotopic (exact) mass is 275 g/mol. The second-order valence-electron chi connectivity index (χ2n) is 6.60. The van der Waals surface area contributed by atoms with Crippen LogP contribution in [0.25, 0.3) is 0 Å². The lowest BCUT2D eigenvalue weighted by Gasteiger charge is -2.17. The van der Waals surface area contributed by atoms with Crippen LogP contribution in [0.15, 0.2) is 18.2 Å². The average Bonchev–Trinajstić information content (AvgIpc) is 2.71. The Kier molecular flexibility index (Phi) is 5.09. The van der Waals surface area contributed by atoms with E-state index in [0.717, 1.165) is 12.2 Å². The molecule has 0 aromatic heterocycles. The van der Waals surface area contributed by atoms with Crippen molar-refractivity contribution in [1.82, 2.24) is 5.32 Å². The summed E-state index contributed by atoms with van der Waals surface area (Å²) < 4.78 is 5.96. The first kappa shape index (κ1) is 15.4. The van der Waals surface area contributed by atoms with Gasteiger partial charge in [0.25, 0.3) is 0 Å². The highest BCUT2D eigenvalue weighted by Crippen LogP contribution is 2.36. The topological polar surface area (TPSA) is 21.3 Å². The fourth-order valence-corrected chi connectivity index (χ4v) is 3.10. The zero-order valence-electron chi connectivity index (χ0n) is 13.5. The van der Waals surface area contributed by atoms with E-state index in [1.165, 1.54) is 43.2 Å². The maximum absolute atomic E-state index is 5.96. The summed E-state index contributed by atoms with van der Waals surface area (Å²) in [5, 5.41) is 3.47. The number of nitrogens with one attached hydrogen (secondary N) is 1. The average molecular weight is 275 g/mol. The minimum Gasteiger partial charge on any atom is -0.487 e. The van der Waals surface area contributed by atoms with Gasteiger partial charge < -0.3 is 10.1 Å². The molecule has 0 radical (unpaired) electrons. The minimum absolute atomic E-state index is 0.0444. The summed E-state index contributed by atoms with van der Waals surface area (Å²) in [6.45, 7) is 6.58. The lowest BCUT2D eigenvalue weighted by Crippen LogP contribution is -2.24. The summed E-state index contributed by atoms with van der Waals surface area (Å²) in [5.74, 6) is 1.07. The Bertz CT molecular complexity index is 439. The fraction of sp³-hybridized carbons (Fsp3) is 0.667. The Morgan fingerprint density at radius 3 is 2.75 bits per heavy atom. The molecule has 2 rings (SSSR count). The van der Waals surface area contributed by atoms with Crippen molar-refractivity contribution in [3.05, 3.63) is 29.3 Å². The molecule has 0 spiro atoms. The van der Waals surface area contributed by atoms with Gasteiger partial charge in [0.1, 0.15) is 11.4 Å². The van der Waals surface area contributed by atoms with Crippen LogP contribution in [0.4, 0.5) is 0 Å². The zero-order chi connectivity index (χ0) is 14.6. The van der Waals surface area contributed by atoms with Crippen molar-refractivity contribution in [3.8, 4) is 5.75 Å². The van der Waals surface area contributed by atoms with Crippen molar-refractivity contribution >= 4 is 0 Å². The van der Waals surface area contributed by atoms with Crippen molar-refractivity contribution in [2.45, 2.75) is 70.9 Å². The third-order valence-electron chi connectivity index (χ3n) is 4.18. The van der Waals surface area contributed by atoms with Crippen LogP contribution in [0.3, 0.4) is 0 Å². The van der Waals surface area contributed by atoms with Gasteiger partial charge in [0, 0.05) is 12.5 Å². The van der Waals surface area contributed by atoms with E-state index in [1.54, 1.807) is 0 Å². The molecule has 1 N–H and O–H groups in total. The molecule has 1 aliphatic heterocycles. The zero-order valence-corrected chi connectivity index (χ0v) is 13.5. The minimum atomic E-state index is -0.0444. The second kappa shape index (κ2) is 6.62. The summed E-state index contributed by atoms with van der Waals surface area (Å²) in [7, 11) is 2.07. The quantitative estimate of drug-likeness (QED) is 0.732. The predicted molar refractivity (Wildman–Crippen MR) is 85.4 cm³/mol. The van der Waals surface area contributed by atoms with Gasteiger partial charge in [0.2, 0.25) is 0 Å². The van der Waals surface area contributed by atoms with Gasteiger partial charge in [-0.3, -0.25) is 0 Å². The third kappa shape index (κ3) is 3.76. The molecule has 2 nitrogen and oxygen atoms in total. The lowest BCUT2D eigenvalue weighted by atomic mass is 9.95. The molecule has 1 unspecified atom stereocenters. The Balaban J connectivity index is 2.01. The normalized spacial score (nSPS) is 17.6. The molecular formula is C18H29NO. The van der Waals surface area contributed by atoms with Crippen LogP contribution in [0.2, 0.25) is 0 Å². The number of benzene rings is 1. The van der Waals surface area contributed by atoms with E-state index < -0.39 is 0 Å². The Morgan fingerprint density at radius 1 is 1.25 bits per heavy atom. The summed E-state index contributed by atoms with van der Waals surface area (Å²) in [4.78, 5) is 0. The molecule has 0 amide bonds. The number of rotatable bonds is 7. The van der Waals surface area contributed by atoms with Crippen molar-refractivity contribution in [2.24, 2.45) is 0 Å². The van der Waals surface area contributed by atoms with Crippen LogP contribution in [0.5, 0.6) is 5.75 Å². The van der Waals surface area contributed by atoms with E-state index >= 15 is 0 Å². The molecule has 0 saturated carbocycles. The predicted octanol–water partition coefficient (Wildman–Crippen LogP) is 4.63. The van der Waals surface area contributed by atoms with E-state index in [2.05, 4.69) is 51.3 Å². The van der Waals surface area contributed by atoms with Gasteiger partial charge in [0.15, 0.2) is 0 Å². The maximum atomic E-state index is 5.96. The molecule has 0 aliphatic carbocycles. The van der Waals surface area contributed by atoms with Gasteiger partial charge >= 0.3 is 0 Å². The first-order valence-electron chi connectivity index (χ1n) is 8.05. The van der Waals surface area contributed by atoms with Crippen molar-refractivity contribution in [1.29, 1.82) is 0 Å². The summed E-state index contributed by atoms with van der Waals surface area (Å²) >= 11 is 0. The van der Waals surface area contributed by atoms with E-state index in [-0.39, 0.29) is 5.60 Å². The molecular weight excluding hydrogens is 246 g/mol. The Labute approximate surface area is 123 Å². The summed E-state index contributed by atoms with van der Waals surface area (Å²) in [5.41, 5.74) is 2.72. The molecule has 1 aliphatic rings. The van der Waals surface area contributed by atoms with Gasteiger partial charge in [-0.25, -0.2) is 0 Å². The van der Waals surface area contributed by atoms with Gasteiger partial charge in [-0.15, -0.1) is 0 Å². The highest BCUT2D eigenvalue weighted by molar-refractivity contribution is 5.42. The van der Waals surface area contributed by atoms with Gasteiger partial charge in [-0.1, -0.05) is 44.7 Å². The van der Waals surface area contributed by atoms with E-state index in [9.17, 15) is 0 Å². The van der Waals surface area contributed by atoms with Crippen molar-refractivity contribution < 1.29 is 4.74 Å². The second-order valence-corrected chi connectivity index (χ2v) is 6.60. The smallest absolute Gasteiger partial charge is 0.123 e. The molecule has 1 heterocycles. The molecule has 1 aromatic carbocycles. The number of fused-ring (bicyclic) bond motifs is 1. The largest absolute Gasteiger partial charge is 0.487 e. The molecule has 112 valence electrons. The van der Waals surface area contributed by atoms with E-state index in [4.69, 9.17) is 4.74 Å². The van der Waals surface area contributed by atoms with Crippen LogP contribution >= 0.6 is 0 Å². The van der Waals surface area contributed by atoms with Crippen LogP contribution in [-0.2, 0) is 6.42 Å². The molecule has 2 heteroatoms. The van der Waals surface area contributed by atoms with Gasteiger partial charge in [-0.2, -0.15) is 0 Å². The number of hydrogen-bond acceptors (Lipinski definition) is 2. The van der Waals surface area contributed by atoms with Crippen LogP contribution in [-0.4, -0.2) is 12.6 Å². The van der Waals surface area contributed by atoms with E-state index in [1.807, 2.05) is 0 Å². The number of ether oxygens (including phenoxy) is 1. The standard InChI is InChI=1S/C18H29NO/c1-5-6-7-8-9-16(19-4)14-10-11-17-15(12-14)13-18(2,3)20-17/h10-12,16,19H,5-9,13H2,1-4H3. The van der Waals surface area contributed by atoms with Crippen LogP contribution in [0.1, 0.15) is 70.0 Å². The Morgan fingerprint density at radius 2 is 2.05 bits per heavy atom.